The maximum absolute atomic E-state index is 11.4. The van der Waals surface area contributed by atoms with Gasteiger partial charge in [-0.05, 0) is 22.2 Å². The molecule has 0 saturated heterocycles. The van der Waals surface area contributed by atoms with E-state index in [2.05, 4.69) is 5.18 Å². The molecule has 0 saturated carbocycles. The average molecular weight is 244 g/mol. The first kappa shape index (κ1) is 11.6. The molecule has 0 radical (unpaired) electrons. The second kappa shape index (κ2) is 4.18. The molecule has 0 spiro atoms. The molecule has 1 heterocycles. The highest BCUT2D eigenvalue weighted by Gasteiger charge is 2.26. The molecule has 1 aromatic heterocycles. The van der Waals surface area contributed by atoms with Crippen molar-refractivity contribution in [2.24, 2.45) is 5.18 Å². The monoisotopic (exact) mass is 244 g/mol. The summed E-state index contributed by atoms with van der Waals surface area (Å²) in [6.45, 7) is 1.38. The van der Waals surface area contributed by atoms with Crippen LogP contribution >= 0.6 is 0 Å². The third kappa shape index (κ3) is 1.56. The van der Waals surface area contributed by atoms with Gasteiger partial charge >= 0.3 is 0 Å². The summed E-state index contributed by atoms with van der Waals surface area (Å²) in [6, 6.07) is 8.02. The lowest BCUT2D eigenvalue weighted by Gasteiger charge is -2.00. The summed E-state index contributed by atoms with van der Waals surface area (Å²) in [5.74, 6) is 0. The van der Waals surface area contributed by atoms with Gasteiger partial charge in [-0.3, -0.25) is 0 Å². The van der Waals surface area contributed by atoms with Crippen molar-refractivity contribution in [3.63, 3.8) is 0 Å². The zero-order chi connectivity index (χ0) is 13.3. The fourth-order valence-electron chi connectivity index (χ4n) is 1.65. The van der Waals surface area contributed by atoms with Crippen LogP contribution in [0.4, 0.5) is 5.69 Å². The van der Waals surface area contributed by atoms with E-state index in [9.17, 15) is 15.3 Å². The molecule has 2 aromatic rings. The van der Waals surface area contributed by atoms with Crippen LogP contribution in [0.5, 0.6) is 0 Å². The largest absolute Gasteiger partial charge is 0.593 e. The predicted molar refractivity (Wildman–Crippen MR) is 60.9 cm³/mol. The Kier molecular flexibility index (Phi) is 2.69. The highest BCUT2D eigenvalue weighted by atomic mass is 16.6. The van der Waals surface area contributed by atoms with Crippen molar-refractivity contribution < 1.29 is 10.1 Å². The topological polar surface area (TPSA) is 105 Å². The highest BCUT2D eigenvalue weighted by Crippen LogP contribution is 2.31. The molecule has 0 bridgehead atoms. The molecule has 1 N–H and O–H groups in total. The van der Waals surface area contributed by atoms with Gasteiger partial charge in [0, 0.05) is 17.3 Å². The molecule has 1 aromatic carbocycles. The molecule has 7 nitrogen and oxygen atoms in total. The lowest BCUT2D eigenvalue weighted by Crippen LogP contribution is -2.38. The molecular weight excluding hydrogens is 236 g/mol. The number of nitrogens with zero attached hydrogens (tertiary/aromatic N) is 4. The van der Waals surface area contributed by atoms with Gasteiger partial charge in [-0.1, -0.05) is 12.1 Å². The Morgan fingerprint density at radius 2 is 2.06 bits per heavy atom. The van der Waals surface area contributed by atoms with E-state index in [0.717, 1.165) is 0 Å². The van der Waals surface area contributed by atoms with Crippen molar-refractivity contribution >= 4 is 5.69 Å². The average Bonchev–Trinajstić information content (AvgIpc) is 2.63. The Morgan fingerprint density at radius 1 is 1.44 bits per heavy atom. The number of benzene rings is 1. The minimum Gasteiger partial charge on any atom is -0.593 e. The van der Waals surface area contributed by atoms with Gasteiger partial charge in [0.1, 0.15) is 0 Å². The van der Waals surface area contributed by atoms with Gasteiger partial charge in [-0.25, -0.2) is 0 Å². The second-order valence-electron chi connectivity index (χ2n) is 3.63. The van der Waals surface area contributed by atoms with E-state index in [0.29, 0.717) is 16.0 Å². The Hall–Kier alpha value is -2.88. The van der Waals surface area contributed by atoms with Gasteiger partial charge in [0.2, 0.25) is 5.69 Å². The second-order valence-corrected chi connectivity index (χ2v) is 3.63. The van der Waals surface area contributed by atoms with Crippen LogP contribution in [0.1, 0.15) is 11.3 Å². The molecule has 0 unspecified atom stereocenters. The van der Waals surface area contributed by atoms with Gasteiger partial charge in [-0.15, -0.1) is 4.91 Å². The van der Waals surface area contributed by atoms with Gasteiger partial charge in [0.05, 0.1) is 11.6 Å². The van der Waals surface area contributed by atoms with Crippen LogP contribution in [0.3, 0.4) is 0 Å². The summed E-state index contributed by atoms with van der Waals surface area (Å²) in [6.07, 6.45) is 0. The standard InChI is InChI=1S/C11H8N4O3/c1-7-10(13-16)11(15(18)14(7)17)9-4-2-8(6-12)3-5-9/h2-5,18H,1H3. The molecular formula is C11H8N4O3. The molecule has 0 amide bonds. The van der Waals surface area contributed by atoms with Crippen LogP contribution in [0.15, 0.2) is 29.4 Å². The first-order valence-electron chi connectivity index (χ1n) is 4.98. The minimum absolute atomic E-state index is 0.00184. The molecule has 0 atom stereocenters. The Labute approximate surface area is 102 Å². The molecule has 2 rings (SSSR count). The number of hydrogen-bond donors (Lipinski definition) is 1. The molecule has 0 aliphatic carbocycles. The fourth-order valence-corrected chi connectivity index (χ4v) is 1.65. The van der Waals surface area contributed by atoms with Crippen LogP contribution in [0, 0.1) is 28.4 Å². The summed E-state index contributed by atoms with van der Waals surface area (Å²) in [4.78, 5) is 11.2. The van der Waals surface area contributed by atoms with Crippen LogP contribution in [-0.4, -0.2) is 10.1 Å². The smallest absolute Gasteiger partial charge is 0.251 e. The van der Waals surface area contributed by atoms with E-state index in [4.69, 9.17) is 5.26 Å². The molecule has 0 aliphatic heterocycles. The van der Waals surface area contributed by atoms with E-state index in [1.54, 1.807) is 0 Å². The number of nitroso groups, excluding NO2 is 1. The highest BCUT2D eigenvalue weighted by molar-refractivity contribution is 5.73. The van der Waals surface area contributed by atoms with Crippen LogP contribution in [0.2, 0.25) is 0 Å². The maximum Gasteiger partial charge on any atom is 0.251 e. The fraction of sp³-hybridized carbons (Fsp3) is 0.0909. The van der Waals surface area contributed by atoms with E-state index in [1.165, 1.54) is 31.2 Å². The van der Waals surface area contributed by atoms with Crippen molar-refractivity contribution in [3.05, 3.63) is 45.6 Å². The third-order valence-corrected chi connectivity index (χ3v) is 2.60. The number of hydrogen-bond acceptors (Lipinski definition) is 5. The molecule has 18 heavy (non-hydrogen) atoms. The molecule has 0 aliphatic rings. The lowest BCUT2D eigenvalue weighted by atomic mass is 10.1. The predicted octanol–water partition coefficient (Wildman–Crippen LogP) is 1.60. The van der Waals surface area contributed by atoms with Crippen molar-refractivity contribution in [3.8, 4) is 17.3 Å². The van der Waals surface area contributed by atoms with Gasteiger partial charge in [-0.2, -0.15) is 5.26 Å². The minimum atomic E-state index is -0.128. The summed E-state index contributed by atoms with van der Waals surface area (Å²) in [5.41, 5.74) is 0.733. The number of nitriles is 1. The lowest BCUT2D eigenvalue weighted by molar-refractivity contribution is -0.728. The molecule has 0 fully saturated rings. The quantitative estimate of drug-likeness (QED) is 0.375. The molecule has 7 heteroatoms. The van der Waals surface area contributed by atoms with Crippen molar-refractivity contribution in [1.82, 2.24) is 4.85 Å². The van der Waals surface area contributed by atoms with E-state index >= 15 is 0 Å². The summed E-state index contributed by atoms with van der Waals surface area (Å²) < 4.78 is 0. The summed E-state index contributed by atoms with van der Waals surface area (Å²) in [7, 11) is 0. The Balaban J connectivity index is 2.67. The zero-order valence-corrected chi connectivity index (χ0v) is 9.36. The Morgan fingerprint density at radius 3 is 2.56 bits per heavy atom. The van der Waals surface area contributed by atoms with Crippen LogP contribution in [-0.2, 0) is 0 Å². The first-order valence-corrected chi connectivity index (χ1v) is 4.98. The van der Waals surface area contributed by atoms with Crippen LogP contribution in [0.25, 0.3) is 11.3 Å². The van der Waals surface area contributed by atoms with Crippen molar-refractivity contribution in [1.29, 1.82) is 5.26 Å². The first-order chi connectivity index (χ1) is 8.60. The zero-order valence-electron chi connectivity index (χ0n) is 9.36. The van der Waals surface area contributed by atoms with E-state index in [1.807, 2.05) is 6.07 Å². The molecule has 90 valence electrons. The van der Waals surface area contributed by atoms with Crippen molar-refractivity contribution in [2.45, 2.75) is 6.92 Å². The van der Waals surface area contributed by atoms with Gasteiger partial charge in [0.25, 0.3) is 5.69 Å². The number of rotatable bonds is 2. The Bertz CT molecular complexity index is 652. The normalized spacial score (nSPS) is 10.0. The number of aromatic nitrogens is 2. The SMILES string of the molecule is Cc1c(N=O)c(-c2ccc(C#N)cc2)n(O)[n+]1[O-]. The van der Waals surface area contributed by atoms with Gasteiger partial charge < -0.3 is 10.4 Å². The summed E-state index contributed by atoms with van der Waals surface area (Å²) in [5, 5.41) is 32.5. The van der Waals surface area contributed by atoms with Gasteiger partial charge in [0.15, 0.2) is 5.69 Å². The van der Waals surface area contributed by atoms with Crippen LogP contribution < -0.4 is 4.85 Å². The van der Waals surface area contributed by atoms with Crippen molar-refractivity contribution in [2.75, 3.05) is 0 Å². The maximum atomic E-state index is 11.4. The van der Waals surface area contributed by atoms with E-state index < -0.39 is 0 Å². The third-order valence-electron chi connectivity index (χ3n) is 2.60. The summed E-state index contributed by atoms with van der Waals surface area (Å²) >= 11 is 0. The van der Waals surface area contributed by atoms with E-state index in [-0.39, 0.29) is 21.9 Å².